The molecule has 8 nitrogen and oxygen atoms in total. The summed E-state index contributed by atoms with van der Waals surface area (Å²) < 4.78 is 5.27. The maximum atomic E-state index is 12.3. The quantitative estimate of drug-likeness (QED) is 0.337. The Bertz CT molecular complexity index is 775. The Kier molecular flexibility index (Phi) is 6.04. The van der Waals surface area contributed by atoms with E-state index in [0.717, 1.165) is 19.6 Å². The van der Waals surface area contributed by atoms with Gasteiger partial charge in [-0.05, 0) is 38.1 Å². The van der Waals surface area contributed by atoms with Crippen molar-refractivity contribution in [2.45, 2.75) is 25.4 Å². The molecule has 1 unspecified atom stereocenters. The average molecular weight is 371 g/mol. The second-order valence-corrected chi connectivity index (χ2v) is 6.58. The monoisotopic (exact) mass is 371 g/mol. The van der Waals surface area contributed by atoms with E-state index in [1.165, 1.54) is 37.1 Å². The molecule has 0 aliphatic carbocycles. The highest BCUT2D eigenvalue weighted by atomic mass is 16.6. The highest BCUT2D eigenvalue weighted by Crippen LogP contribution is 2.18. The molecule has 27 heavy (non-hydrogen) atoms. The first-order chi connectivity index (χ1) is 13.0. The molecule has 0 bridgehead atoms. The van der Waals surface area contributed by atoms with Gasteiger partial charge in [-0.15, -0.1) is 0 Å². The first kappa shape index (κ1) is 18.9. The molecule has 2 saturated heterocycles. The van der Waals surface area contributed by atoms with Crippen LogP contribution >= 0.6 is 0 Å². The van der Waals surface area contributed by atoms with E-state index in [2.05, 4.69) is 16.7 Å². The van der Waals surface area contributed by atoms with Crippen LogP contribution in [0, 0.1) is 22.0 Å². The van der Waals surface area contributed by atoms with Gasteiger partial charge in [-0.2, -0.15) is 0 Å². The summed E-state index contributed by atoms with van der Waals surface area (Å²) in [5.74, 6) is 5.19. The number of ether oxygens (including phenoxy) is 1. The lowest BCUT2D eigenvalue weighted by molar-refractivity contribution is -0.384. The minimum absolute atomic E-state index is 0.109. The molecule has 142 valence electrons. The minimum atomic E-state index is -0.826. The number of hydrogen-bond donors (Lipinski definition) is 0. The first-order valence-corrected chi connectivity index (χ1v) is 8.97. The van der Waals surface area contributed by atoms with Crippen LogP contribution in [0.2, 0.25) is 0 Å². The van der Waals surface area contributed by atoms with Gasteiger partial charge in [0.1, 0.15) is 0 Å². The van der Waals surface area contributed by atoms with Crippen LogP contribution < -0.4 is 0 Å². The Hall–Kier alpha value is -2.92. The predicted octanol–water partition coefficient (Wildman–Crippen LogP) is 1.45. The third kappa shape index (κ3) is 4.83. The molecule has 2 fully saturated rings. The van der Waals surface area contributed by atoms with Crippen LogP contribution in [0.1, 0.15) is 29.6 Å². The summed E-state index contributed by atoms with van der Waals surface area (Å²) in [4.78, 5) is 38.5. The number of likely N-dealkylation sites (tertiary alicyclic amines) is 2. The van der Waals surface area contributed by atoms with Crippen molar-refractivity contribution in [3.63, 3.8) is 0 Å². The number of non-ortho nitro benzene ring substituents is 1. The van der Waals surface area contributed by atoms with E-state index in [9.17, 15) is 19.7 Å². The zero-order chi connectivity index (χ0) is 19.2. The van der Waals surface area contributed by atoms with Crippen LogP contribution in [0.25, 0.3) is 0 Å². The van der Waals surface area contributed by atoms with Crippen molar-refractivity contribution in [3.05, 3.63) is 39.9 Å². The third-order valence-electron chi connectivity index (χ3n) is 4.71. The lowest BCUT2D eigenvalue weighted by Crippen LogP contribution is -2.32. The third-order valence-corrected chi connectivity index (χ3v) is 4.71. The fourth-order valence-electron chi connectivity index (χ4n) is 3.15. The fourth-order valence-corrected chi connectivity index (χ4v) is 3.15. The summed E-state index contributed by atoms with van der Waals surface area (Å²) in [7, 11) is 0. The summed E-state index contributed by atoms with van der Waals surface area (Å²) in [6.45, 7) is 3.71. The van der Waals surface area contributed by atoms with Crippen molar-refractivity contribution in [1.29, 1.82) is 0 Å². The number of esters is 1. The predicted molar refractivity (Wildman–Crippen MR) is 96.9 cm³/mol. The van der Waals surface area contributed by atoms with E-state index >= 15 is 0 Å². The van der Waals surface area contributed by atoms with Crippen LogP contribution in [0.3, 0.4) is 0 Å². The van der Waals surface area contributed by atoms with Crippen molar-refractivity contribution in [2.75, 3.05) is 32.7 Å². The van der Waals surface area contributed by atoms with Gasteiger partial charge in [-0.1, -0.05) is 11.8 Å². The molecule has 1 aromatic carbocycles. The molecule has 0 radical (unpaired) electrons. The summed E-state index contributed by atoms with van der Waals surface area (Å²) >= 11 is 0. The van der Waals surface area contributed by atoms with E-state index in [0.29, 0.717) is 19.5 Å². The van der Waals surface area contributed by atoms with Crippen molar-refractivity contribution < 1.29 is 19.2 Å². The van der Waals surface area contributed by atoms with E-state index < -0.39 is 17.0 Å². The second kappa shape index (κ2) is 8.64. The maximum absolute atomic E-state index is 12.3. The number of nitro groups is 1. The van der Waals surface area contributed by atoms with Crippen LogP contribution in [0.15, 0.2) is 24.3 Å². The molecule has 1 atom stereocenters. The van der Waals surface area contributed by atoms with Crippen LogP contribution in [-0.4, -0.2) is 65.4 Å². The van der Waals surface area contributed by atoms with E-state index in [1.807, 2.05) is 0 Å². The SMILES string of the molecule is O=C(OC1CCN(CC#CCN2CCCC2)C1=O)c1ccc([N+](=O)[O-])cc1. The van der Waals surface area contributed by atoms with Crippen molar-refractivity contribution in [2.24, 2.45) is 0 Å². The van der Waals surface area contributed by atoms with E-state index in [1.54, 1.807) is 4.90 Å². The highest BCUT2D eigenvalue weighted by molar-refractivity contribution is 5.93. The maximum Gasteiger partial charge on any atom is 0.338 e. The van der Waals surface area contributed by atoms with E-state index in [-0.39, 0.29) is 17.2 Å². The number of benzene rings is 1. The number of hydrogen-bond acceptors (Lipinski definition) is 6. The summed E-state index contributed by atoms with van der Waals surface area (Å²) in [6, 6.07) is 5.10. The molecule has 8 heteroatoms. The zero-order valence-corrected chi connectivity index (χ0v) is 14.9. The van der Waals surface area contributed by atoms with Gasteiger partial charge in [0, 0.05) is 25.1 Å². The molecule has 0 aromatic heterocycles. The molecule has 0 spiro atoms. The number of carbonyl (C=O) groups excluding carboxylic acids is 2. The first-order valence-electron chi connectivity index (χ1n) is 8.97. The molecule has 0 saturated carbocycles. The van der Waals surface area contributed by atoms with Crippen molar-refractivity contribution in [3.8, 4) is 11.8 Å². The number of nitrogens with zero attached hydrogens (tertiary/aromatic N) is 3. The Morgan fingerprint density at radius 2 is 1.81 bits per heavy atom. The number of rotatable bonds is 5. The summed E-state index contributed by atoms with van der Waals surface area (Å²) in [6.07, 6.45) is 2.03. The lowest BCUT2D eigenvalue weighted by Gasteiger charge is -2.14. The molecular weight excluding hydrogens is 350 g/mol. The largest absolute Gasteiger partial charge is 0.449 e. The highest BCUT2D eigenvalue weighted by Gasteiger charge is 2.34. The van der Waals surface area contributed by atoms with Crippen molar-refractivity contribution in [1.82, 2.24) is 9.80 Å². The molecule has 0 N–H and O–H groups in total. The van der Waals surface area contributed by atoms with Crippen LogP contribution in [-0.2, 0) is 9.53 Å². The Morgan fingerprint density at radius 3 is 2.48 bits per heavy atom. The summed E-state index contributed by atoms with van der Waals surface area (Å²) in [5.41, 5.74) is 0.0689. The van der Waals surface area contributed by atoms with E-state index in [4.69, 9.17) is 4.74 Å². The van der Waals surface area contributed by atoms with Gasteiger partial charge in [0.05, 0.1) is 23.6 Å². The van der Waals surface area contributed by atoms with Gasteiger partial charge in [0.2, 0.25) is 0 Å². The standard InChI is InChI=1S/C19H21N3O5/c23-18-17(27-19(24)15-5-7-16(8-6-15)22(25)26)9-14-21(18)13-4-3-12-20-10-1-2-11-20/h5-8,17H,1-2,9-14H2. The van der Waals surface area contributed by atoms with Crippen LogP contribution in [0.4, 0.5) is 5.69 Å². The number of nitro benzene ring substituents is 1. The van der Waals surface area contributed by atoms with Gasteiger partial charge < -0.3 is 9.64 Å². The molecule has 2 aliphatic rings. The molecule has 2 aliphatic heterocycles. The Labute approximate surface area is 157 Å². The Balaban J connectivity index is 1.48. The molecular formula is C19H21N3O5. The molecule has 3 rings (SSSR count). The zero-order valence-electron chi connectivity index (χ0n) is 14.9. The van der Waals surface area contributed by atoms with Gasteiger partial charge in [0.15, 0.2) is 6.10 Å². The molecule has 1 aromatic rings. The topological polar surface area (TPSA) is 93.0 Å². The number of amides is 1. The molecule has 1 amide bonds. The second-order valence-electron chi connectivity index (χ2n) is 6.58. The van der Waals surface area contributed by atoms with Crippen molar-refractivity contribution >= 4 is 17.6 Å². The van der Waals surface area contributed by atoms with Gasteiger partial charge in [-0.3, -0.25) is 19.8 Å². The van der Waals surface area contributed by atoms with Crippen LogP contribution in [0.5, 0.6) is 0 Å². The van der Waals surface area contributed by atoms with Gasteiger partial charge in [-0.25, -0.2) is 4.79 Å². The Morgan fingerprint density at radius 1 is 1.15 bits per heavy atom. The lowest BCUT2D eigenvalue weighted by atomic mass is 10.2. The normalized spacial score (nSPS) is 19.6. The smallest absolute Gasteiger partial charge is 0.338 e. The minimum Gasteiger partial charge on any atom is -0.449 e. The number of carbonyl (C=O) groups is 2. The van der Waals surface area contributed by atoms with Gasteiger partial charge >= 0.3 is 5.97 Å². The fraction of sp³-hybridized carbons (Fsp3) is 0.474. The van der Waals surface area contributed by atoms with Gasteiger partial charge in [0.25, 0.3) is 11.6 Å². The summed E-state index contributed by atoms with van der Waals surface area (Å²) in [5, 5.41) is 10.6. The average Bonchev–Trinajstić information content (AvgIpc) is 3.30. The molecule has 2 heterocycles.